The van der Waals surface area contributed by atoms with Gasteiger partial charge in [0.25, 0.3) is 5.91 Å². The van der Waals surface area contributed by atoms with Crippen LogP contribution in [0.4, 0.5) is 10.1 Å². The third-order valence-corrected chi connectivity index (χ3v) is 5.90. The van der Waals surface area contributed by atoms with Crippen molar-refractivity contribution in [2.45, 2.75) is 46.1 Å². The molecule has 7 nitrogen and oxygen atoms in total. The first-order chi connectivity index (χ1) is 17.4. The minimum atomic E-state index is -0.311. The number of carbonyl (C=O) groups is 2. The molecule has 1 aliphatic rings. The van der Waals surface area contributed by atoms with Crippen molar-refractivity contribution in [3.8, 4) is 11.3 Å². The van der Waals surface area contributed by atoms with Crippen LogP contribution in [-0.4, -0.2) is 33.7 Å². The molecule has 8 heteroatoms. The number of nitrogens with zero attached hydrogens (tertiary/aromatic N) is 3. The molecule has 2 heterocycles. The Hall–Kier alpha value is -4.07. The smallest absolute Gasteiger partial charge is 0.306 e. The molecule has 4 rings (SSSR count). The molecule has 0 atom stereocenters. The number of esters is 1. The van der Waals surface area contributed by atoms with E-state index in [-0.39, 0.29) is 23.7 Å². The highest BCUT2D eigenvalue weighted by Crippen LogP contribution is 2.29. The molecule has 36 heavy (non-hydrogen) atoms. The van der Waals surface area contributed by atoms with E-state index in [1.165, 1.54) is 12.1 Å². The van der Waals surface area contributed by atoms with Crippen LogP contribution in [0.2, 0.25) is 0 Å². The predicted molar refractivity (Wildman–Crippen MR) is 137 cm³/mol. The second-order valence-electron chi connectivity index (χ2n) is 8.81. The number of nitrogens with one attached hydrogen (secondary N) is 1. The molecule has 1 amide bonds. The third-order valence-electron chi connectivity index (χ3n) is 5.90. The number of benzene rings is 2. The average molecular weight is 489 g/mol. The van der Waals surface area contributed by atoms with E-state index in [9.17, 15) is 14.0 Å². The van der Waals surface area contributed by atoms with Crippen molar-refractivity contribution in [3.05, 3.63) is 83.7 Å². The Bertz CT molecular complexity index is 1310. The van der Waals surface area contributed by atoms with Gasteiger partial charge in [-0.15, -0.1) is 0 Å². The lowest BCUT2D eigenvalue weighted by molar-refractivity contribution is -0.143. The van der Waals surface area contributed by atoms with E-state index >= 15 is 0 Å². The fourth-order valence-electron chi connectivity index (χ4n) is 4.01. The van der Waals surface area contributed by atoms with Crippen molar-refractivity contribution in [1.29, 1.82) is 0 Å². The molecule has 1 aliphatic heterocycles. The van der Waals surface area contributed by atoms with Gasteiger partial charge in [-0.2, -0.15) is 0 Å². The number of aryl methyl sites for hydroxylation is 1. The Labute approximate surface area is 209 Å². The Morgan fingerprint density at radius 1 is 1.11 bits per heavy atom. The van der Waals surface area contributed by atoms with Crippen molar-refractivity contribution in [2.24, 2.45) is 4.99 Å². The number of rotatable bonds is 9. The number of aromatic nitrogens is 2. The van der Waals surface area contributed by atoms with E-state index in [2.05, 4.69) is 15.3 Å². The lowest BCUT2D eigenvalue weighted by Crippen LogP contribution is -2.17. The third kappa shape index (κ3) is 5.76. The molecule has 0 aliphatic carbocycles. The molecule has 0 spiro atoms. The normalized spacial score (nSPS) is 12.9. The molecule has 3 aromatic rings. The number of hydrogen-bond acceptors (Lipinski definition) is 5. The summed E-state index contributed by atoms with van der Waals surface area (Å²) in [6, 6.07) is 13.7. The average Bonchev–Trinajstić information content (AvgIpc) is 3.52. The van der Waals surface area contributed by atoms with Gasteiger partial charge in [0.1, 0.15) is 5.82 Å². The first-order valence-corrected chi connectivity index (χ1v) is 12.0. The summed E-state index contributed by atoms with van der Waals surface area (Å²) in [7, 11) is 0. The first kappa shape index (κ1) is 25.0. The van der Waals surface area contributed by atoms with E-state index < -0.39 is 0 Å². The number of halogens is 1. The largest absolute Gasteiger partial charge is 0.466 e. The minimum absolute atomic E-state index is 0.129. The molecule has 1 aromatic heterocycles. The van der Waals surface area contributed by atoms with Crippen LogP contribution in [0.25, 0.3) is 11.3 Å². The zero-order valence-corrected chi connectivity index (χ0v) is 20.6. The van der Waals surface area contributed by atoms with Gasteiger partial charge >= 0.3 is 5.97 Å². The molecule has 0 fully saturated rings. The Morgan fingerprint density at radius 3 is 2.50 bits per heavy atom. The summed E-state index contributed by atoms with van der Waals surface area (Å²) in [5.41, 5.74) is 5.24. The van der Waals surface area contributed by atoms with Crippen LogP contribution in [0.3, 0.4) is 0 Å². The van der Waals surface area contributed by atoms with E-state index in [1.54, 1.807) is 31.6 Å². The summed E-state index contributed by atoms with van der Waals surface area (Å²) in [6.07, 6.45) is 4.60. The van der Waals surface area contributed by atoms with Crippen molar-refractivity contribution in [2.75, 3.05) is 11.9 Å². The maximum Gasteiger partial charge on any atom is 0.306 e. The summed E-state index contributed by atoms with van der Waals surface area (Å²) in [6.45, 7) is 6.25. The molecule has 0 unspecified atom stereocenters. The Balaban J connectivity index is 1.42. The van der Waals surface area contributed by atoms with E-state index in [0.717, 1.165) is 22.5 Å². The highest BCUT2D eigenvalue weighted by Gasteiger charge is 2.25. The number of aliphatic imine (C=N–C) groups is 1. The Morgan fingerprint density at radius 2 is 1.83 bits per heavy atom. The zero-order chi connectivity index (χ0) is 25.7. The van der Waals surface area contributed by atoms with Crippen molar-refractivity contribution >= 4 is 23.3 Å². The van der Waals surface area contributed by atoms with Crippen LogP contribution in [0.5, 0.6) is 0 Å². The molecule has 2 aromatic carbocycles. The van der Waals surface area contributed by atoms with Gasteiger partial charge < -0.3 is 14.6 Å². The second kappa shape index (κ2) is 11.1. The van der Waals surface area contributed by atoms with Gasteiger partial charge in [-0.25, -0.2) is 9.37 Å². The summed E-state index contributed by atoms with van der Waals surface area (Å²) < 4.78 is 20.4. The molecule has 0 radical (unpaired) electrons. The second-order valence-corrected chi connectivity index (χ2v) is 8.81. The minimum Gasteiger partial charge on any atom is -0.466 e. The summed E-state index contributed by atoms with van der Waals surface area (Å²) in [4.78, 5) is 33.6. The first-order valence-electron chi connectivity index (χ1n) is 12.0. The molecular weight excluding hydrogens is 459 g/mol. The Kier molecular flexibility index (Phi) is 7.73. The van der Waals surface area contributed by atoms with Gasteiger partial charge in [0, 0.05) is 41.9 Å². The predicted octanol–water partition coefficient (Wildman–Crippen LogP) is 5.48. The van der Waals surface area contributed by atoms with E-state index in [0.29, 0.717) is 42.8 Å². The van der Waals surface area contributed by atoms with Crippen molar-refractivity contribution < 1.29 is 18.7 Å². The fourth-order valence-corrected chi connectivity index (χ4v) is 4.01. The zero-order valence-electron chi connectivity index (χ0n) is 20.6. The SMILES string of the molecule is CCOC(=O)CCc1ccc(NC(=O)C2=CN=C(c3c(-c4ccc(F)cc4)ncn3C(C)C)C2)cc1. The fraction of sp³-hybridized carbons (Fsp3) is 0.286. The maximum atomic E-state index is 13.5. The van der Waals surface area contributed by atoms with Gasteiger partial charge in [0.2, 0.25) is 0 Å². The summed E-state index contributed by atoms with van der Waals surface area (Å²) in [5, 5.41) is 2.92. The maximum absolute atomic E-state index is 13.5. The molecule has 0 saturated heterocycles. The quantitative estimate of drug-likeness (QED) is 0.404. The van der Waals surface area contributed by atoms with Crippen molar-refractivity contribution in [3.63, 3.8) is 0 Å². The van der Waals surface area contributed by atoms with Gasteiger partial charge in [-0.1, -0.05) is 12.1 Å². The van der Waals surface area contributed by atoms with Crippen LogP contribution >= 0.6 is 0 Å². The summed E-state index contributed by atoms with van der Waals surface area (Å²) >= 11 is 0. The molecule has 0 saturated carbocycles. The number of hydrogen-bond donors (Lipinski definition) is 1. The summed E-state index contributed by atoms with van der Waals surface area (Å²) in [5.74, 6) is -0.762. The topological polar surface area (TPSA) is 85.6 Å². The lowest BCUT2D eigenvalue weighted by atomic mass is 10.0. The van der Waals surface area contributed by atoms with Gasteiger partial charge in [0.05, 0.1) is 30.0 Å². The highest BCUT2D eigenvalue weighted by molar-refractivity contribution is 6.14. The van der Waals surface area contributed by atoms with Crippen LogP contribution in [-0.2, 0) is 20.7 Å². The molecule has 1 N–H and O–H groups in total. The highest BCUT2D eigenvalue weighted by atomic mass is 19.1. The monoisotopic (exact) mass is 488 g/mol. The van der Waals surface area contributed by atoms with Crippen molar-refractivity contribution in [1.82, 2.24) is 9.55 Å². The van der Waals surface area contributed by atoms with Gasteiger partial charge in [-0.3, -0.25) is 14.6 Å². The molecule has 0 bridgehead atoms. The number of carbonyl (C=O) groups excluding carboxylic acids is 2. The molecule has 186 valence electrons. The van der Waals surface area contributed by atoms with E-state index in [4.69, 9.17) is 4.74 Å². The van der Waals surface area contributed by atoms with Crippen LogP contribution in [0.1, 0.15) is 50.9 Å². The number of imidazole rings is 1. The van der Waals surface area contributed by atoms with Crippen LogP contribution < -0.4 is 5.32 Å². The van der Waals surface area contributed by atoms with E-state index in [1.807, 2.05) is 42.7 Å². The number of anilines is 1. The van der Waals surface area contributed by atoms with Gasteiger partial charge in [0.15, 0.2) is 0 Å². The lowest BCUT2D eigenvalue weighted by Gasteiger charge is -2.14. The van der Waals surface area contributed by atoms with Crippen LogP contribution in [0, 0.1) is 5.82 Å². The van der Waals surface area contributed by atoms with Crippen LogP contribution in [0.15, 0.2) is 71.6 Å². The number of ether oxygens (including phenoxy) is 1. The standard InChI is InChI=1S/C28H29FN4O3/c1-4-36-25(34)14-7-19-5-12-23(13-6-19)32-28(35)21-15-24(30-16-21)27-26(31-17-33(27)18(2)3)20-8-10-22(29)11-9-20/h5-6,8-13,16-18H,4,7,14-15H2,1-3H3,(H,32,35). The molecular formula is C28H29FN4O3. The van der Waals surface area contributed by atoms with Gasteiger partial charge in [-0.05, 0) is 69.2 Å². The number of amides is 1.